The molecular weight excluding hydrogens is 244 g/mol. The van der Waals surface area contributed by atoms with Gasteiger partial charge in [0.1, 0.15) is 5.75 Å². The second kappa shape index (κ2) is 4.91. The predicted octanol–water partition coefficient (Wildman–Crippen LogP) is 2.17. The Morgan fingerprint density at radius 2 is 1.95 bits per heavy atom. The van der Waals surface area contributed by atoms with E-state index in [-0.39, 0.29) is 11.9 Å². The van der Waals surface area contributed by atoms with E-state index in [0.29, 0.717) is 24.4 Å². The summed E-state index contributed by atoms with van der Waals surface area (Å²) in [5, 5.41) is 2.77. The van der Waals surface area contributed by atoms with Crippen LogP contribution in [0.15, 0.2) is 24.3 Å². The fourth-order valence-electron chi connectivity index (χ4n) is 2.03. The molecule has 3 amide bonds. The zero-order valence-corrected chi connectivity index (χ0v) is 11.4. The van der Waals surface area contributed by atoms with Crippen molar-refractivity contribution in [2.45, 2.75) is 20.3 Å². The number of urea groups is 1. The van der Waals surface area contributed by atoms with Crippen molar-refractivity contribution >= 4 is 17.6 Å². The number of nitrogens with one attached hydrogen (secondary N) is 1. The molecule has 0 radical (unpaired) electrons. The summed E-state index contributed by atoms with van der Waals surface area (Å²) < 4.78 is 5.07. The molecule has 0 bridgehead atoms. The second-order valence-corrected chi connectivity index (χ2v) is 4.91. The molecular formula is C14H18N2O3. The van der Waals surface area contributed by atoms with Crippen LogP contribution in [0.1, 0.15) is 20.3 Å². The summed E-state index contributed by atoms with van der Waals surface area (Å²) in [6.07, 6.45) is 0.679. The molecule has 0 aromatic heterocycles. The van der Waals surface area contributed by atoms with Gasteiger partial charge in [-0.15, -0.1) is 0 Å². The lowest BCUT2D eigenvalue weighted by atomic mass is 9.84. The van der Waals surface area contributed by atoms with Crippen molar-refractivity contribution in [2.24, 2.45) is 5.41 Å². The Morgan fingerprint density at radius 3 is 2.47 bits per heavy atom. The highest BCUT2D eigenvalue weighted by Gasteiger charge is 2.43. The number of hydrogen-bond donors (Lipinski definition) is 1. The Bertz CT molecular complexity index is 498. The maximum absolute atomic E-state index is 12.5. The minimum atomic E-state index is -0.548. The highest BCUT2D eigenvalue weighted by Crippen LogP contribution is 2.30. The van der Waals surface area contributed by atoms with Crippen LogP contribution in [0, 0.1) is 5.41 Å². The van der Waals surface area contributed by atoms with Crippen LogP contribution in [0.2, 0.25) is 0 Å². The minimum Gasteiger partial charge on any atom is -0.497 e. The van der Waals surface area contributed by atoms with E-state index < -0.39 is 5.41 Å². The van der Waals surface area contributed by atoms with Gasteiger partial charge < -0.3 is 10.1 Å². The van der Waals surface area contributed by atoms with Crippen molar-refractivity contribution in [1.29, 1.82) is 0 Å². The number of amides is 3. The monoisotopic (exact) mass is 262 g/mol. The quantitative estimate of drug-likeness (QED) is 0.908. The van der Waals surface area contributed by atoms with Crippen molar-refractivity contribution in [2.75, 3.05) is 18.6 Å². The highest BCUT2D eigenvalue weighted by molar-refractivity contribution is 6.17. The summed E-state index contributed by atoms with van der Waals surface area (Å²) in [4.78, 5) is 25.6. The van der Waals surface area contributed by atoms with Gasteiger partial charge in [0.15, 0.2) is 0 Å². The molecule has 1 aromatic rings. The summed E-state index contributed by atoms with van der Waals surface area (Å²) in [6.45, 7) is 4.20. The molecule has 5 nitrogen and oxygen atoms in total. The number of ether oxygens (including phenoxy) is 1. The van der Waals surface area contributed by atoms with Crippen LogP contribution in [-0.2, 0) is 4.79 Å². The van der Waals surface area contributed by atoms with Gasteiger partial charge in [-0.1, -0.05) is 6.92 Å². The number of carbonyl (C=O) groups is 2. The van der Waals surface area contributed by atoms with E-state index >= 15 is 0 Å². The van der Waals surface area contributed by atoms with Gasteiger partial charge >= 0.3 is 6.03 Å². The molecule has 0 aliphatic carbocycles. The summed E-state index contributed by atoms with van der Waals surface area (Å²) in [7, 11) is 1.57. The fourth-order valence-corrected chi connectivity index (χ4v) is 2.03. The number of rotatable bonds is 3. The highest BCUT2D eigenvalue weighted by atomic mass is 16.5. The van der Waals surface area contributed by atoms with Crippen LogP contribution in [0.25, 0.3) is 0 Å². The third-order valence-electron chi connectivity index (χ3n) is 3.66. The van der Waals surface area contributed by atoms with Crippen LogP contribution in [0.3, 0.4) is 0 Å². The van der Waals surface area contributed by atoms with Crippen LogP contribution < -0.4 is 15.0 Å². The molecule has 0 saturated carbocycles. The fraction of sp³-hybridized carbons (Fsp3) is 0.429. The Hall–Kier alpha value is -2.04. The van der Waals surface area contributed by atoms with Gasteiger partial charge in [-0.2, -0.15) is 0 Å². The first-order valence-electron chi connectivity index (χ1n) is 6.28. The number of anilines is 1. The van der Waals surface area contributed by atoms with Crippen molar-refractivity contribution in [1.82, 2.24) is 5.32 Å². The largest absolute Gasteiger partial charge is 0.497 e. The van der Waals surface area contributed by atoms with Crippen molar-refractivity contribution in [3.8, 4) is 5.75 Å². The lowest BCUT2D eigenvalue weighted by Gasteiger charge is -2.37. The maximum Gasteiger partial charge on any atom is 0.328 e. The van der Waals surface area contributed by atoms with Crippen LogP contribution in [0.4, 0.5) is 10.5 Å². The molecule has 1 unspecified atom stereocenters. The topological polar surface area (TPSA) is 58.6 Å². The van der Waals surface area contributed by atoms with Gasteiger partial charge in [0.25, 0.3) is 0 Å². The number of hydrogen-bond acceptors (Lipinski definition) is 3. The molecule has 1 heterocycles. The Morgan fingerprint density at radius 1 is 1.32 bits per heavy atom. The molecule has 1 aliphatic heterocycles. The van der Waals surface area contributed by atoms with Crippen LogP contribution in [-0.4, -0.2) is 25.6 Å². The van der Waals surface area contributed by atoms with E-state index in [1.807, 2.05) is 13.8 Å². The van der Waals surface area contributed by atoms with Gasteiger partial charge in [-0.3, -0.25) is 4.79 Å². The van der Waals surface area contributed by atoms with Gasteiger partial charge in [-0.05, 0) is 37.6 Å². The van der Waals surface area contributed by atoms with Gasteiger partial charge in [0.2, 0.25) is 5.91 Å². The molecule has 5 heteroatoms. The number of carbonyl (C=O) groups excluding carboxylic acids is 2. The van der Waals surface area contributed by atoms with Gasteiger partial charge in [-0.25, -0.2) is 9.69 Å². The first-order valence-corrected chi connectivity index (χ1v) is 6.28. The first-order chi connectivity index (χ1) is 9.01. The lowest BCUT2D eigenvalue weighted by molar-refractivity contribution is -0.127. The van der Waals surface area contributed by atoms with Crippen molar-refractivity contribution in [3.05, 3.63) is 24.3 Å². The molecule has 0 spiro atoms. The van der Waals surface area contributed by atoms with E-state index in [0.717, 1.165) is 0 Å². The van der Waals surface area contributed by atoms with E-state index in [1.54, 1.807) is 31.4 Å². The zero-order valence-electron chi connectivity index (χ0n) is 11.4. The zero-order chi connectivity index (χ0) is 14.0. The Balaban J connectivity index is 2.34. The van der Waals surface area contributed by atoms with E-state index in [1.165, 1.54) is 4.90 Å². The van der Waals surface area contributed by atoms with E-state index in [2.05, 4.69) is 5.32 Å². The number of imide groups is 1. The summed E-state index contributed by atoms with van der Waals surface area (Å²) >= 11 is 0. The van der Waals surface area contributed by atoms with Crippen molar-refractivity contribution < 1.29 is 14.3 Å². The standard InChI is InChI=1S/C14H18N2O3/c1-4-14(2)9-15-13(18)16(12(14)17)10-5-7-11(19-3)8-6-10/h5-8H,4,9H2,1-3H3,(H,15,18). The first kappa shape index (κ1) is 13.4. The third kappa shape index (κ3) is 2.28. The Labute approximate surface area is 112 Å². The Kier molecular flexibility index (Phi) is 3.46. The normalized spacial score (nSPS) is 23.2. The number of methoxy groups -OCH3 is 1. The predicted molar refractivity (Wildman–Crippen MR) is 72.3 cm³/mol. The molecule has 1 saturated heterocycles. The molecule has 1 aliphatic rings. The number of benzene rings is 1. The number of nitrogens with zero attached hydrogens (tertiary/aromatic N) is 1. The average Bonchev–Trinajstić information content (AvgIpc) is 2.44. The molecule has 2 rings (SSSR count). The minimum absolute atomic E-state index is 0.163. The van der Waals surface area contributed by atoms with Crippen molar-refractivity contribution in [3.63, 3.8) is 0 Å². The summed E-state index contributed by atoms with van der Waals surface area (Å²) in [5.74, 6) is 0.524. The smallest absolute Gasteiger partial charge is 0.328 e. The SMILES string of the molecule is CCC1(C)CNC(=O)N(c2ccc(OC)cc2)C1=O. The maximum atomic E-state index is 12.5. The molecule has 102 valence electrons. The van der Waals surface area contributed by atoms with Gasteiger partial charge in [0.05, 0.1) is 18.2 Å². The molecule has 1 fully saturated rings. The average molecular weight is 262 g/mol. The van der Waals surface area contributed by atoms with Gasteiger partial charge in [0, 0.05) is 6.54 Å². The van der Waals surface area contributed by atoms with Crippen LogP contribution in [0.5, 0.6) is 5.75 Å². The summed E-state index contributed by atoms with van der Waals surface area (Å²) in [5.41, 5.74) is 0.0103. The third-order valence-corrected chi connectivity index (χ3v) is 3.66. The molecule has 1 aromatic carbocycles. The lowest BCUT2D eigenvalue weighted by Crippen LogP contribution is -2.59. The molecule has 1 atom stereocenters. The summed E-state index contributed by atoms with van der Waals surface area (Å²) in [6, 6.07) is 6.50. The van der Waals surface area contributed by atoms with E-state index in [9.17, 15) is 9.59 Å². The molecule has 1 N–H and O–H groups in total. The van der Waals surface area contributed by atoms with Crippen LogP contribution >= 0.6 is 0 Å². The second-order valence-electron chi connectivity index (χ2n) is 4.91. The molecule has 19 heavy (non-hydrogen) atoms. The van der Waals surface area contributed by atoms with E-state index in [4.69, 9.17) is 4.74 Å².